The molecule has 0 aromatic heterocycles. The van der Waals surface area contributed by atoms with Gasteiger partial charge in [0.1, 0.15) is 6.04 Å². The third kappa shape index (κ3) is 4.50. The van der Waals surface area contributed by atoms with Gasteiger partial charge in [0, 0.05) is 29.6 Å². The molecule has 2 atom stereocenters. The van der Waals surface area contributed by atoms with E-state index in [0.717, 1.165) is 50.1 Å². The first kappa shape index (κ1) is 18.6. The Morgan fingerprint density at radius 2 is 1.72 bits per heavy atom. The number of hydrogen-bond acceptors (Lipinski definition) is 3. The molecule has 0 spiro atoms. The van der Waals surface area contributed by atoms with Crippen molar-refractivity contribution in [2.24, 2.45) is 0 Å². The first-order valence-corrected chi connectivity index (χ1v) is 10.3. The van der Waals surface area contributed by atoms with Crippen LogP contribution in [0.25, 0.3) is 0 Å². The van der Waals surface area contributed by atoms with Gasteiger partial charge < -0.3 is 9.80 Å². The van der Waals surface area contributed by atoms with Crippen LogP contribution in [0.4, 0.5) is 0 Å². The van der Waals surface area contributed by atoms with Gasteiger partial charge in [-0.3, -0.25) is 9.59 Å². The third-order valence-electron chi connectivity index (χ3n) is 4.96. The summed E-state index contributed by atoms with van der Waals surface area (Å²) in [5.41, 5.74) is 0. The summed E-state index contributed by atoms with van der Waals surface area (Å²) in [6, 6.07) is 7.26. The van der Waals surface area contributed by atoms with Gasteiger partial charge in [0.05, 0.1) is 5.25 Å². The summed E-state index contributed by atoms with van der Waals surface area (Å²) in [4.78, 5) is 30.6. The van der Waals surface area contributed by atoms with Crippen molar-refractivity contribution in [3.05, 3.63) is 29.3 Å². The normalized spacial score (nSPS) is 22.1. The molecule has 0 aliphatic carbocycles. The minimum absolute atomic E-state index is 0.0668. The molecule has 2 aliphatic rings. The molecular weight excluding hydrogens is 356 g/mol. The van der Waals surface area contributed by atoms with Crippen molar-refractivity contribution in [2.75, 3.05) is 19.6 Å². The Bertz CT molecular complexity index is 616. The number of likely N-dealkylation sites (tertiary alicyclic amines) is 2. The van der Waals surface area contributed by atoms with Gasteiger partial charge in [0.2, 0.25) is 11.8 Å². The summed E-state index contributed by atoms with van der Waals surface area (Å²) >= 11 is 7.45. The summed E-state index contributed by atoms with van der Waals surface area (Å²) < 4.78 is 0. The number of rotatable bonds is 4. The molecule has 2 fully saturated rings. The second-order valence-corrected chi connectivity index (χ2v) is 8.64. The molecule has 4 nitrogen and oxygen atoms in total. The summed E-state index contributed by atoms with van der Waals surface area (Å²) in [5, 5.41) is 0.476. The molecule has 2 unspecified atom stereocenters. The van der Waals surface area contributed by atoms with Crippen LogP contribution in [0.1, 0.15) is 39.0 Å². The van der Waals surface area contributed by atoms with Crippen molar-refractivity contribution in [3.63, 3.8) is 0 Å². The first-order chi connectivity index (χ1) is 12.1. The first-order valence-electron chi connectivity index (χ1n) is 9.08. The van der Waals surface area contributed by atoms with Gasteiger partial charge in [-0.1, -0.05) is 11.6 Å². The molecule has 0 bridgehead atoms. The quantitative estimate of drug-likeness (QED) is 0.745. The van der Waals surface area contributed by atoms with Crippen LogP contribution in [-0.2, 0) is 9.59 Å². The van der Waals surface area contributed by atoms with E-state index in [9.17, 15) is 9.59 Å². The van der Waals surface area contributed by atoms with Crippen molar-refractivity contribution in [1.29, 1.82) is 0 Å². The lowest BCUT2D eigenvalue weighted by Crippen LogP contribution is -2.54. The zero-order chi connectivity index (χ0) is 17.8. The van der Waals surface area contributed by atoms with E-state index in [0.29, 0.717) is 11.6 Å². The number of nitrogens with zero attached hydrogens (tertiary/aromatic N) is 2. The highest BCUT2D eigenvalue weighted by molar-refractivity contribution is 8.00. The average Bonchev–Trinajstić information content (AvgIpc) is 3.17. The van der Waals surface area contributed by atoms with E-state index >= 15 is 0 Å². The molecule has 0 radical (unpaired) electrons. The number of carbonyl (C=O) groups excluding carboxylic acids is 2. The maximum absolute atomic E-state index is 13.0. The second-order valence-electron chi connectivity index (χ2n) is 6.79. The van der Waals surface area contributed by atoms with Crippen LogP contribution in [0.3, 0.4) is 0 Å². The Labute approximate surface area is 158 Å². The standard InChI is InChI=1S/C19H25ClN2O2S/c1-14(25-16-9-7-15(20)8-10-16)18(23)22-13-3-2-6-17(22)19(24)21-11-4-5-12-21/h7-10,14,17H,2-6,11-13H2,1H3. The molecule has 136 valence electrons. The Hall–Kier alpha value is -1.20. The number of carbonyl (C=O) groups is 2. The smallest absolute Gasteiger partial charge is 0.245 e. The Balaban J connectivity index is 1.67. The molecule has 2 aliphatic heterocycles. The molecule has 25 heavy (non-hydrogen) atoms. The molecule has 0 saturated carbocycles. The number of piperidine rings is 1. The SMILES string of the molecule is CC(Sc1ccc(Cl)cc1)C(=O)N1CCCCC1C(=O)N1CCCC1. The predicted molar refractivity (Wildman–Crippen MR) is 102 cm³/mol. The third-order valence-corrected chi connectivity index (χ3v) is 6.31. The van der Waals surface area contributed by atoms with Crippen LogP contribution in [0, 0.1) is 0 Å². The van der Waals surface area contributed by atoms with Crippen LogP contribution >= 0.6 is 23.4 Å². The van der Waals surface area contributed by atoms with E-state index in [1.54, 1.807) is 0 Å². The zero-order valence-corrected chi connectivity index (χ0v) is 16.2. The van der Waals surface area contributed by atoms with Crippen molar-refractivity contribution in [1.82, 2.24) is 9.80 Å². The monoisotopic (exact) mass is 380 g/mol. The molecule has 6 heteroatoms. The lowest BCUT2D eigenvalue weighted by Gasteiger charge is -2.38. The molecule has 1 aromatic rings. The zero-order valence-electron chi connectivity index (χ0n) is 14.6. The predicted octanol–water partition coefficient (Wildman–Crippen LogP) is 3.82. The fraction of sp³-hybridized carbons (Fsp3) is 0.579. The van der Waals surface area contributed by atoms with Crippen LogP contribution in [0.2, 0.25) is 5.02 Å². The van der Waals surface area contributed by atoms with E-state index in [1.807, 2.05) is 41.0 Å². The van der Waals surface area contributed by atoms with Crippen molar-refractivity contribution in [3.8, 4) is 0 Å². The van der Waals surface area contributed by atoms with Gasteiger partial charge in [-0.15, -0.1) is 11.8 Å². The minimum atomic E-state index is -0.271. The van der Waals surface area contributed by atoms with Gasteiger partial charge in [0.15, 0.2) is 0 Å². The largest absolute Gasteiger partial charge is 0.341 e. The van der Waals surface area contributed by atoms with Gasteiger partial charge in [-0.25, -0.2) is 0 Å². The molecule has 1 aromatic carbocycles. The number of benzene rings is 1. The van der Waals surface area contributed by atoms with E-state index < -0.39 is 0 Å². The van der Waals surface area contributed by atoms with Crippen LogP contribution in [-0.4, -0.2) is 52.5 Å². The molecule has 0 N–H and O–H groups in total. The maximum atomic E-state index is 13.0. The molecule has 2 saturated heterocycles. The van der Waals surface area contributed by atoms with Crippen LogP contribution < -0.4 is 0 Å². The molecular formula is C19H25ClN2O2S. The lowest BCUT2D eigenvalue weighted by molar-refractivity contribution is -0.146. The molecule has 2 heterocycles. The number of thioether (sulfide) groups is 1. The van der Waals surface area contributed by atoms with E-state index in [4.69, 9.17) is 11.6 Å². The maximum Gasteiger partial charge on any atom is 0.245 e. The molecule has 2 amide bonds. The lowest BCUT2D eigenvalue weighted by atomic mass is 10.0. The minimum Gasteiger partial charge on any atom is -0.341 e. The van der Waals surface area contributed by atoms with Crippen LogP contribution in [0.15, 0.2) is 29.2 Å². The van der Waals surface area contributed by atoms with Crippen molar-refractivity contribution < 1.29 is 9.59 Å². The number of halogens is 1. The van der Waals surface area contributed by atoms with Gasteiger partial charge in [-0.2, -0.15) is 0 Å². The second kappa shape index (κ2) is 8.45. The Morgan fingerprint density at radius 3 is 2.40 bits per heavy atom. The average molecular weight is 381 g/mol. The summed E-state index contributed by atoms with van der Waals surface area (Å²) in [6.45, 7) is 4.29. The summed E-state index contributed by atoms with van der Waals surface area (Å²) in [6.07, 6.45) is 4.95. The van der Waals surface area contributed by atoms with Crippen molar-refractivity contribution in [2.45, 2.75) is 55.2 Å². The number of hydrogen-bond donors (Lipinski definition) is 0. The van der Waals surface area contributed by atoms with E-state index in [2.05, 4.69) is 0 Å². The van der Waals surface area contributed by atoms with E-state index in [-0.39, 0.29) is 23.1 Å². The number of amides is 2. The topological polar surface area (TPSA) is 40.6 Å². The van der Waals surface area contributed by atoms with Gasteiger partial charge in [-0.05, 0) is 63.3 Å². The van der Waals surface area contributed by atoms with Crippen molar-refractivity contribution >= 4 is 35.2 Å². The fourth-order valence-corrected chi connectivity index (χ4v) is 4.67. The highest BCUT2D eigenvalue weighted by atomic mass is 35.5. The summed E-state index contributed by atoms with van der Waals surface area (Å²) in [7, 11) is 0. The van der Waals surface area contributed by atoms with Gasteiger partial charge >= 0.3 is 0 Å². The highest BCUT2D eigenvalue weighted by Crippen LogP contribution is 2.29. The molecule has 3 rings (SSSR count). The fourth-order valence-electron chi connectivity index (χ4n) is 3.60. The Morgan fingerprint density at radius 1 is 1.08 bits per heavy atom. The van der Waals surface area contributed by atoms with Gasteiger partial charge in [0.25, 0.3) is 0 Å². The van der Waals surface area contributed by atoms with E-state index in [1.165, 1.54) is 11.8 Å². The van der Waals surface area contributed by atoms with Crippen LogP contribution in [0.5, 0.6) is 0 Å². The summed E-state index contributed by atoms with van der Waals surface area (Å²) in [5.74, 6) is 0.214. The Kier molecular flexibility index (Phi) is 6.29. The highest BCUT2D eigenvalue weighted by Gasteiger charge is 2.37.